The summed E-state index contributed by atoms with van der Waals surface area (Å²) in [5.41, 5.74) is 3.13. The van der Waals surface area contributed by atoms with E-state index < -0.39 is 0 Å². The summed E-state index contributed by atoms with van der Waals surface area (Å²) in [6, 6.07) is 0.606. The van der Waals surface area contributed by atoms with E-state index >= 15 is 0 Å². The van der Waals surface area contributed by atoms with Gasteiger partial charge in [0.1, 0.15) is 0 Å². The van der Waals surface area contributed by atoms with E-state index in [2.05, 4.69) is 12.4 Å². The fraction of sp³-hybridized carbons (Fsp3) is 1.00. The third-order valence-corrected chi connectivity index (χ3v) is 2.65. The summed E-state index contributed by atoms with van der Waals surface area (Å²) >= 11 is 0. The lowest BCUT2D eigenvalue weighted by atomic mass is 10.0. The normalized spacial score (nSPS) is 31.5. The maximum absolute atomic E-state index is 5.21. The minimum atomic E-state index is 0.606. The molecule has 1 aliphatic carbocycles. The molecule has 1 aliphatic rings. The number of hydrogen-bond donors (Lipinski definition) is 1. The van der Waals surface area contributed by atoms with Gasteiger partial charge in [0.15, 0.2) is 0 Å². The van der Waals surface area contributed by atoms with E-state index in [1.54, 1.807) is 0 Å². The van der Waals surface area contributed by atoms with Crippen LogP contribution in [-0.2, 0) is 4.84 Å². The predicted octanol–water partition coefficient (Wildman–Crippen LogP) is 2.50. The molecule has 1 saturated carbocycles. The molecule has 0 spiro atoms. The molecule has 0 amide bonds. The van der Waals surface area contributed by atoms with E-state index in [1.807, 2.05) is 6.92 Å². The Hall–Kier alpha value is -0.0800. The Morgan fingerprint density at radius 3 is 2.83 bits per heavy atom. The van der Waals surface area contributed by atoms with E-state index in [-0.39, 0.29) is 0 Å². The van der Waals surface area contributed by atoms with Gasteiger partial charge in [-0.3, -0.25) is 0 Å². The molecule has 2 unspecified atom stereocenters. The highest BCUT2D eigenvalue weighted by molar-refractivity contribution is 4.70. The van der Waals surface area contributed by atoms with E-state index in [9.17, 15) is 0 Å². The number of rotatable bonds is 3. The maximum Gasteiger partial charge on any atom is 0.0654 e. The molecule has 0 saturated heterocycles. The zero-order valence-electron chi connectivity index (χ0n) is 8.31. The average Bonchev–Trinajstić information content (AvgIpc) is 2.27. The first-order chi connectivity index (χ1) is 5.83. The molecule has 2 nitrogen and oxygen atoms in total. The Labute approximate surface area is 75.6 Å². The third kappa shape index (κ3) is 3.55. The molecule has 1 N–H and O–H groups in total. The van der Waals surface area contributed by atoms with Gasteiger partial charge >= 0.3 is 0 Å². The lowest BCUT2D eigenvalue weighted by molar-refractivity contribution is 0.0206. The van der Waals surface area contributed by atoms with Crippen LogP contribution in [0, 0.1) is 5.92 Å². The first kappa shape index (κ1) is 10.0. The van der Waals surface area contributed by atoms with Crippen molar-refractivity contribution in [3.05, 3.63) is 0 Å². The fourth-order valence-corrected chi connectivity index (χ4v) is 1.81. The van der Waals surface area contributed by atoms with Crippen LogP contribution in [0.25, 0.3) is 0 Å². The number of hydrogen-bond acceptors (Lipinski definition) is 2. The van der Waals surface area contributed by atoms with Crippen molar-refractivity contribution in [3.8, 4) is 0 Å². The lowest BCUT2D eigenvalue weighted by Crippen LogP contribution is -2.28. The van der Waals surface area contributed by atoms with Crippen molar-refractivity contribution >= 4 is 0 Å². The molecule has 0 aromatic carbocycles. The van der Waals surface area contributed by atoms with Gasteiger partial charge in [0.25, 0.3) is 0 Å². The maximum atomic E-state index is 5.21. The van der Waals surface area contributed by atoms with Gasteiger partial charge in [0.2, 0.25) is 0 Å². The minimum absolute atomic E-state index is 0.606. The van der Waals surface area contributed by atoms with Crippen LogP contribution in [0.15, 0.2) is 0 Å². The van der Waals surface area contributed by atoms with Crippen molar-refractivity contribution in [2.24, 2.45) is 5.92 Å². The molecule has 72 valence electrons. The molecular formula is C10H21NO. The van der Waals surface area contributed by atoms with Crippen LogP contribution >= 0.6 is 0 Å². The standard InChI is InChI=1S/C10H21NO/c1-3-12-11-10-6-4-5-9(2)7-8-10/h9-11H,3-8H2,1-2H3. The molecule has 1 fully saturated rings. The number of nitrogens with one attached hydrogen (secondary N) is 1. The summed E-state index contributed by atoms with van der Waals surface area (Å²) in [7, 11) is 0. The highest BCUT2D eigenvalue weighted by Crippen LogP contribution is 2.22. The highest BCUT2D eigenvalue weighted by Gasteiger charge is 2.15. The molecule has 2 atom stereocenters. The first-order valence-electron chi connectivity index (χ1n) is 5.20. The molecule has 0 bridgehead atoms. The second-order valence-corrected chi connectivity index (χ2v) is 3.86. The Bertz CT molecular complexity index is 114. The second-order valence-electron chi connectivity index (χ2n) is 3.86. The fourth-order valence-electron chi connectivity index (χ4n) is 1.81. The van der Waals surface area contributed by atoms with Gasteiger partial charge in [-0.15, -0.1) is 0 Å². The second kappa shape index (κ2) is 5.55. The lowest BCUT2D eigenvalue weighted by Gasteiger charge is -2.14. The molecule has 0 aliphatic heterocycles. The smallest absolute Gasteiger partial charge is 0.0654 e. The molecule has 2 heteroatoms. The van der Waals surface area contributed by atoms with Crippen LogP contribution in [0.4, 0.5) is 0 Å². The third-order valence-electron chi connectivity index (χ3n) is 2.65. The highest BCUT2D eigenvalue weighted by atomic mass is 16.6. The van der Waals surface area contributed by atoms with Crippen molar-refractivity contribution in [1.29, 1.82) is 0 Å². The van der Waals surface area contributed by atoms with Crippen molar-refractivity contribution in [1.82, 2.24) is 5.48 Å². The van der Waals surface area contributed by atoms with E-state index in [1.165, 1.54) is 32.1 Å². The van der Waals surface area contributed by atoms with Crippen molar-refractivity contribution in [2.45, 2.75) is 52.0 Å². The van der Waals surface area contributed by atoms with Gasteiger partial charge in [0, 0.05) is 6.04 Å². The van der Waals surface area contributed by atoms with E-state index in [0.717, 1.165) is 12.5 Å². The largest absolute Gasteiger partial charge is 0.302 e. The van der Waals surface area contributed by atoms with Crippen molar-refractivity contribution < 1.29 is 4.84 Å². The Kier molecular flexibility index (Phi) is 4.62. The summed E-state index contributed by atoms with van der Waals surface area (Å²) < 4.78 is 0. The van der Waals surface area contributed by atoms with Gasteiger partial charge in [0.05, 0.1) is 6.61 Å². The zero-order chi connectivity index (χ0) is 8.81. The minimum Gasteiger partial charge on any atom is -0.302 e. The van der Waals surface area contributed by atoms with Crippen LogP contribution in [0.2, 0.25) is 0 Å². The summed E-state index contributed by atoms with van der Waals surface area (Å²) in [6.07, 6.45) is 6.66. The Balaban J connectivity index is 2.17. The zero-order valence-corrected chi connectivity index (χ0v) is 8.31. The van der Waals surface area contributed by atoms with Crippen LogP contribution in [-0.4, -0.2) is 12.6 Å². The monoisotopic (exact) mass is 171 g/mol. The number of hydroxylamine groups is 1. The van der Waals surface area contributed by atoms with Gasteiger partial charge in [-0.05, 0) is 32.1 Å². The summed E-state index contributed by atoms with van der Waals surface area (Å²) in [5.74, 6) is 0.915. The molecule has 0 heterocycles. The van der Waals surface area contributed by atoms with Gasteiger partial charge in [-0.1, -0.05) is 19.8 Å². The molecule has 0 aromatic heterocycles. The van der Waals surface area contributed by atoms with Gasteiger partial charge in [-0.25, -0.2) is 0 Å². The Morgan fingerprint density at radius 2 is 2.08 bits per heavy atom. The summed E-state index contributed by atoms with van der Waals surface area (Å²) in [5, 5.41) is 0. The molecule has 0 aromatic rings. The topological polar surface area (TPSA) is 21.3 Å². The van der Waals surface area contributed by atoms with Crippen LogP contribution < -0.4 is 5.48 Å². The van der Waals surface area contributed by atoms with Gasteiger partial charge < -0.3 is 4.84 Å². The van der Waals surface area contributed by atoms with Crippen molar-refractivity contribution in [2.75, 3.05) is 6.61 Å². The molecular weight excluding hydrogens is 150 g/mol. The van der Waals surface area contributed by atoms with Crippen LogP contribution in [0.3, 0.4) is 0 Å². The SMILES string of the molecule is CCONC1CCCC(C)CC1. The molecule has 12 heavy (non-hydrogen) atoms. The summed E-state index contributed by atoms with van der Waals surface area (Å²) in [4.78, 5) is 5.21. The van der Waals surface area contributed by atoms with E-state index in [4.69, 9.17) is 4.84 Å². The quantitative estimate of drug-likeness (QED) is 0.520. The summed E-state index contributed by atoms with van der Waals surface area (Å²) in [6.45, 7) is 5.14. The van der Waals surface area contributed by atoms with Crippen LogP contribution in [0.1, 0.15) is 46.0 Å². The van der Waals surface area contributed by atoms with E-state index in [0.29, 0.717) is 6.04 Å². The van der Waals surface area contributed by atoms with Gasteiger partial charge in [-0.2, -0.15) is 5.48 Å². The Morgan fingerprint density at radius 1 is 1.25 bits per heavy atom. The average molecular weight is 171 g/mol. The first-order valence-corrected chi connectivity index (χ1v) is 5.20. The molecule has 1 rings (SSSR count). The predicted molar refractivity (Wildman–Crippen MR) is 50.8 cm³/mol. The van der Waals surface area contributed by atoms with Crippen LogP contribution in [0.5, 0.6) is 0 Å². The molecule has 0 radical (unpaired) electrons. The van der Waals surface area contributed by atoms with Crippen molar-refractivity contribution in [3.63, 3.8) is 0 Å².